The number of para-hydroxylation sites is 1. The van der Waals surface area contributed by atoms with E-state index in [1.54, 1.807) is 16.7 Å². The molecule has 2 heterocycles. The lowest BCUT2D eigenvalue weighted by Crippen LogP contribution is -2.26. The molecule has 0 saturated carbocycles. The summed E-state index contributed by atoms with van der Waals surface area (Å²) >= 11 is 2.71. The largest absolute Gasteiger partial charge is 0.325 e. The summed E-state index contributed by atoms with van der Waals surface area (Å²) in [5.41, 5.74) is 1.86. The second-order valence-corrected chi connectivity index (χ2v) is 9.09. The number of anilines is 1. The molecule has 2 unspecified atom stereocenters. The van der Waals surface area contributed by atoms with Crippen LogP contribution in [0.1, 0.15) is 38.7 Å². The van der Waals surface area contributed by atoms with Gasteiger partial charge in [-0.25, -0.2) is 4.98 Å². The van der Waals surface area contributed by atoms with E-state index in [4.69, 9.17) is 0 Å². The van der Waals surface area contributed by atoms with E-state index in [0.717, 1.165) is 17.7 Å². The molecule has 1 N–H and O–H groups in total. The van der Waals surface area contributed by atoms with Gasteiger partial charge < -0.3 is 5.32 Å². The molecular formula is C22H25N3O2S2. The highest BCUT2D eigenvalue weighted by Crippen LogP contribution is 2.29. The van der Waals surface area contributed by atoms with Crippen molar-refractivity contribution in [3.8, 4) is 0 Å². The number of allylic oxidation sites excluding steroid dienone is 1. The maximum Gasteiger partial charge on any atom is 0.263 e. The summed E-state index contributed by atoms with van der Waals surface area (Å²) in [6, 6.07) is 9.68. The molecule has 0 radical (unpaired) electrons. The first-order chi connectivity index (χ1) is 14.0. The number of nitrogens with one attached hydrogen (secondary N) is 1. The first kappa shape index (κ1) is 21.3. The standard InChI is InChI=1S/C22H25N3O2S2/c1-5-12-25-21(27)17-11-13-28-20(17)24-22(25)29-15(4)19(26)23-18-10-8-7-9-16(18)14(3)6-2/h5,7-11,13-15H,1,6,12H2,2-4H3,(H,23,26). The number of fused-ring (bicyclic) bond motifs is 1. The van der Waals surface area contributed by atoms with Crippen molar-refractivity contribution in [3.63, 3.8) is 0 Å². The number of hydrogen-bond acceptors (Lipinski definition) is 5. The Hall–Kier alpha value is -2.38. The van der Waals surface area contributed by atoms with Gasteiger partial charge in [0.15, 0.2) is 5.16 Å². The van der Waals surface area contributed by atoms with Crippen molar-refractivity contribution in [2.45, 2.75) is 50.1 Å². The maximum atomic E-state index is 12.9. The molecule has 5 nitrogen and oxygen atoms in total. The van der Waals surface area contributed by atoms with E-state index in [1.807, 2.05) is 30.5 Å². The molecule has 0 saturated heterocycles. The lowest BCUT2D eigenvalue weighted by molar-refractivity contribution is -0.115. The van der Waals surface area contributed by atoms with Crippen molar-refractivity contribution in [2.75, 3.05) is 5.32 Å². The Kier molecular flexibility index (Phi) is 6.92. The Morgan fingerprint density at radius 3 is 2.83 bits per heavy atom. The summed E-state index contributed by atoms with van der Waals surface area (Å²) < 4.78 is 1.57. The Bertz CT molecular complexity index is 1090. The molecule has 2 aromatic heterocycles. The number of thioether (sulfide) groups is 1. The Morgan fingerprint density at radius 2 is 2.10 bits per heavy atom. The minimum atomic E-state index is -0.416. The summed E-state index contributed by atoms with van der Waals surface area (Å²) in [4.78, 5) is 31.0. The molecule has 1 aromatic carbocycles. The molecule has 29 heavy (non-hydrogen) atoms. The number of carbonyl (C=O) groups excluding carboxylic acids is 1. The summed E-state index contributed by atoms with van der Waals surface area (Å²) in [7, 11) is 0. The number of nitrogens with zero attached hydrogens (tertiary/aromatic N) is 2. The lowest BCUT2D eigenvalue weighted by Gasteiger charge is -2.18. The number of amides is 1. The molecule has 0 aliphatic rings. The average Bonchev–Trinajstić information content (AvgIpc) is 3.19. The van der Waals surface area contributed by atoms with Gasteiger partial charge in [0.2, 0.25) is 5.91 Å². The topological polar surface area (TPSA) is 64.0 Å². The van der Waals surface area contributed by atoms with Gasteiger partial charge in [-0.3, -0.25) is 14.2 Å². The minimum Gasteiger partial charge on any atom is -0.325 e. The van der Waals surface area contributed by atoms with Crippen LogP contribution >= 0.6 is 23.1 Å². The molecular weight excluding hydrogens is 402 g/mol. The first-order valence-corrected chi connectivity index (χ1v) is 11.4. The summed E-state index contributed by atoms with van der Waals surface area (Å²) in [5, 5.41) is 5.62. The van der Waals surface area contributed by atoms with Gasteiger partial charge in [0.1, 0.15) is 4.83 Å². The Morgan fingerprint density at radius 1 is 1.34 bits per heavy atom. The van der Waals surface area contributed by atoms with Crippen LogP contribution in [0.5, 0.6) is 0 Å². The van der Waals surface area contributed by atoms with Crippen molar-refractivity contribution in [2.24, 2.45) is 0 Å². The molecule has 0 bridgehead atoms. The molecule has 3 rings (SSSR count). The fraction of sp³-hybridized carbons (Fsp3) is 0.318. The second-order valence-electron chi connectivity index (χ2n) is 6.88. The van der Waals surface area contributed by atoms with E-state index in [9.17, 15) is 9.59 Å². The van der Waals surface area contributed by atoms with Crippen LogP contribution in [0.4, 0.5) is 5.69 Å². The van der Waals surface area contributed by atoms with E-state index < -0.39 is 5.25 Å². The number of hydrogen-bond donors (Lipinski definition) is 1. The highest BCUT2D eigenvalue weighted by molar-refractivity contribution is 8.00. The molecule has 0 fully saturated rings. The third-order valence-electron chi connectivity index (χ3n) is 4.87. The number of carbonyl (C=O) groups is 1. The zero-order chi connectivity index (χ0) is 21.0. The Balaban J connectivity index is 1.84. The fourth-order valence-corrected chi connectivity index (χ4v) is 4.74. The number of benzene rings is 1. The van der Waals surface area contributed by atoms with Crippen molar-refractivity contribution >= 4 is 44.9 Å². The zero-order valence-corrected chi connectivity index (χ0v) is 18.5. The van der Waals surface area contributed by atoms with Gasteiger partial charge in [0.25, 0.3) is 5.56 Å². The summed E-state index contributed by atoms with van der Waals surface area (Å²) in [5.74, 6) is 0.242. The summed E-state index contributed by atoms with van der Waals surface area (Å²) in [6.45, 7) is 10.2. The van der Waals surface area contributed by atoms with Crippen LogP contribution in [0.25, 0.3) is 10.2 Å². The average molecular weight is 428 g/mol. The number of rotatable bonds is 8. The van der Waals surface area contributed by atoms with Crippen LogP contribution in [0.15, 0.2) is 58.3 Å². The van der Waals surface area contributed by atoms with Crippen LogP contribution < -0.4 is 10.9 Å². The van der Waals surface area contributed by atoms with Gasteiger partial charge in [0.05, 0.1) is 10.6 Å². The van der Waals surface area contributed by atoms with Crippen LogP contribution in [-0.2, 0) is 11.3 Å². The molecule has 0 aliphatic carbocycles. The fourth-order valence-electron chi connectivity index (χ4n) is 3.02. The summed E-state index contributed by atoms with van der Waals surface area (Å²) in [6.07, 6.45) is 2.66. The quantitative estimate of drug-likeness (QED) is 0.302. The minimum absolute atomic E-state index is 0.103. The second kappa shape index (κ2) is 9.41. The van der Waals surface area contributed by atoms with Gasteiger partial charge in [-0.15, -0.1) is 17.9 Å². The van der Waals surface area contributed by atoms with Crippen molar-refractivity contribution in [3.05, 3.63) is 64.3 Å². The van der Waals surface area contributed by atoms with Crippen LogP contribution in [0, 0.1) is 0 Å². The monoisotopic (exact) mass is 427 g/mol. The van der Waals surface area contributed by atoms with Crippen molar-refractivity contribution < 1.29 is 4.79 Å². The zero-order valence-electron chi connectivity index (χ0n) is 16.8. The van der Waals surface area contributed by atoms with Gasteiger partial charge >= 0.3 is 0 Å². The van der Waals surface area contributed by atoms with E-state index in [2.05, 4.69) is 36.8 Å². The third-order valence-corrected chi connectivity index (χ3v) is 6.77. The van der Waals surface area contributed by atoms with Gasteiger partial charge in [-0.1, -0.05) is 49.9 Å². The van der Waals surface area contributed by atoms with E-state index in [0.29, 0.717) is 27.8 Å². The molecule has 3 aromatic rings. The molecule has 1 amide bonds. The van der Waals surface area contributed by atoms with Crippen molar-refractivity contribution in [1.29, 1.82) is 0 Å². The molecule has 152 valence electrons. The van der Waals surface area contributed by atoms with E-state index >= 15 is 0 Å². The van der Waals surface area contributed by atoms with Gasteiger partial charge in [-0.2, -0.15) is 0 Å². The number of thiophene rings is 1. The molecule has 7 heteroatoms. The normalized spacial score (nSPS) is 13.2. The molecule has 0 aliphatic heterocycles. The highest BCUT2D eigenvalue weighted by Gasteiger charge is 2.21. The number of aromatic nitrogens is 2. The lowest BCUT2D eigenvalue weighted by atomic mass is 9.97. The maximum absolute atomic E-state index is 12.9. The van der Waals surface area contributed by atoms with Gasteiger partial charge in [0, 0.05) is 12.2 Å². The van der Waals surface area contributed by atoms with Crippen LogP contribution in [-0.4, -0.2) is 20.7 Å². The Labute approximate surface area is 178 Å². The van der Waals surface area contributed by atoms with Gasteiger partial charge in [-0.05, 0) is 42.3 Å². The van der Waals surface area contributed by atoms with Crippen LogP contribution in [0.3, 0.4) is 0 Å². The highest BCUT2D eigenvalue weighted by atomic mass is 32.2. The molecule has 2 atom stereocenters. The van der Waals surface area contributed by atoms with E-state index in [-0.39, 0.29) is 11.5 Å². The third kappa shape index (κ3) is 4.62. The molecule has 0 spiro atoms. The predicted molar refractivity (Wildman–Crippen MR) is 123 cm³/mol. The van der Waals surface area contributed by atoms with Crippen molar-refractivity contribution in [1.82, 2.24) is 9.55 Å². The first-order valence-electron chi connectivity index (χ1n) is 9.61. The predicted octanol–water partition coefficient (Wildman–Crippen LogP) is 5.28. The van der Waals surface area contributed by atoms with E-state index in [1.165, 1.54) is 23.1 Å². The van der Waals surface area contributed by atoms with Crippen LogP contribution in [0.2, 0.25) is 0 Å². The SMILES string of the molecule is C=CCn1c(SC(C)C(=O)Nc2ccccc2C(C)CC)nc2sccc2c1=O. The smallest absolute Gasteiger partial charge is 0.263 e.